The Kier molecular flexibility index (Phi) is 6.67. The van der Waals surface area contributed by atoms with Gasteiger partial charge in [0.2, 0.25) is 11.8 Å². The Labute approximate surface area is 189 Å². The third kappa shape index (κ3) is 4.75. The molecule has 0 saturated heterocycles. The summed E-state index contributed by atoms with van der Waals surface area (Å²) in [7, 11) is 1.38. The van der Waals surface area contributed by atoms with E-state index in [2.05, 4.69) is 0 Å². The molecule has 0 saturated carbocycles. The first-order valence-corrected chi connectivity index (χ1v) is 12.2. The summed E-state index contributed by atoms with van der Waals surface area (Å²) in [5.74, 6) is -0.0370. The lowest BCUT2D eigenvalue weighted by atomic mass is 10.2. The van der Waals surface area contributed by atoms with Crippen LogP contribution in [-0.4, -0.2) is 33.3 Å². The zero-order chi connectivity index (χ0) is 22.2. The second-order valence-electron chi connectivity index (χ2n) is 6.96. The highest BCUT2D eigenvalue weighted by atomic mass is 35.7. The standard InChI is InChI=1S/C10H9Cl2NO3S.C10H10ClNO/c1-6(14)13-3-2-7-4-8(11)10(5-9(7)13)17(12,15)16;1-7(13)12-5-4-8-6-9(11)2-3-10(8)12/h4-5H,2-3H2,1H3;2-3,6H,4-5H2,1H3. The van der Waals surface area contributed by atoms with Gasteiger partial charge in [-0.05, 0) is 54.3 Å². The predicted molar refractivity (Wildman–Crippen MR) is 119 cm³/mol. The highest BCUT2D eigenvalue weighted by molar-refractivity contribution is 8.13. The number of amides is 2. The molecule has 4 rings (SSSR count). The summed E-state index contributed by atoms with van der Waals surface area (Å²) >= 11 is 11.7. The van der Waals surface area contributed by atoms with Crippen molar-refractivity contribution in [3.05, 3.63) is 51.5 Å². The van der Waals surface area contributed by atoms with E-state index >= 15 is 0 Å². The molecule has 2 heterocycles. The van der Waals surface area contributed by atoms with Gasteiger partial charge >= 0.3 is 0 Å². The van der Waals surface area contributed by atoms with Gasteiger partial charge in [0.25, 0.3) is 9.05 Å². The highest BCUT2D eigenvalue weighted by Crippen LogP contribution is 2.36. The lowest BCUT2D eigenvalue weighted by Gasteiger charge is -2.15. The van der Waals surface area contributed by atoms with Crippen LogP contribution >= 0.6 is 33.9 Å². The number of hydrogen-bond donors (Lipinski definition) is 0. The Morgan fingerprint density at radius 3 is 1.93 bits per heavy atom. The molecule has 2 aromatic carbocycles. The van der Waals surface area contributed by atoms with Gasteiger partial charge in [0, 0.05) is 54.0 Å². The van der Waals surface area contributed by atoms with E-state index in [1.807, 2.05) is 18.2 Å². The molecule has 2 aliphatic rings. The van der Waals surface area contributed by atoms with Crippen LogP contribution in [-0.2, 0) is 31.5 Å². The Bertz CT molecular complexity index is 1140. The quantitative estimate of drug-likeness (QED) is 0.556. The normalized spacial score (nSPS) is 14.7. The van der Waals surface area contributed by atoms with Gasteiger partial charge in [-0.15, -0.1) is 0 Å². The fourth-order valence-corrected chi connectivity index (χ4v) is 5.33. The van der Waals surface area contributed by atoms with Crippen molar-refractivity contribution in [2.75, 3.05) is 22.9 Å². The second kappa shape index (κ2) is 8.75. The Morgan fingerprint density at radius 1 is 0.867 bits per heavy atom. The molecular formula is C20H19Cl3N2O4S. The molecule has 2 amide bonds. The molecule has 30 heavy (non-hydrogen) atoms. The van der Waals surface area contributed by atoms with Gasteiger partial charge in [-0.2, -0.15) is 0 Å². The number of benzene rings is 2. The van der Waals surface area contributed by atoms with E-state index in [9.17, 15) is 18.0 Å². The summed E-state index contributed by atoms with van der Waals surface area (Å²) in [6, 6.07) is 8.57. The van der Waals surface area contributed by atoms with Gasteiger partial charge in [0.05, 0.1) is 5.02 Å². The molecule has 0 spiro atoms. The summed E-state index contributed by atoms with van der Waals surface area (Å²) in [5.41, 5.74) is 3.61. The summed E-state index contributed by atoms with van der Waals surface area (Å²) in [6.07, 6.45) is 1.58. The number of carbonyl (C=O) groups is 2. The van der Waals surface area contributed by atoms with E-state index in [1.165, 1.54) is 23.5 Å². The fraction of sp³-hybridized carbons (Fsp3) is 0.300. The van der Waals surface area contributed by atoms with Crippen LogP contribution in [0.25, 0.3) is 0 Å². The summed E-state index contributed by atoms with van der Waals surface area (Å²) in [5, 5.41) is 0.827. The average Bonchev–Trinajstić information content (AvgIpc) is 3.23. The summed E-state index contributed by atoms with van der Waals surface area (Å²) in [6.45, 7) is 4.33. The zero-order valence-electron chi connectivity index (χ0n) is 16.3. The minimum atomic E-state index is -3.90. The molecule has 160 valence electrons. The van der Waals surface area contributed by atoms with E-state index in [1.54, 1.807) is 17.9 Å². The van der Waals surface area contributed by atoms with Crippen LogP contribution in [0, 0.1) is 0 Å². The Morgan fingerprint density at radius 2 is 1.40 bits per heavy atom. The SMILES string of the molecule is CC(=O)N1CCc2cc(Cl)c(S(=O)(=O)Cl)cc21.CC(=O)N1CCc2cc(Cl)ccc21. The van der Waals surface area contributed by atoms with E-state index < -0.39 is 9.05 Å². The molecule has 0 fully saturated rings. The summed E-state index contributed by atoms with van der Waals surface area (Å²) in [4.78, 5) is 25.7. The molecule has 10 heteroatoms. The molecule has 0 unspecified atom stereocenters. The van der Waals surface area contributed by atoms with Crippen LogP contribution in [0.2, 0.25) is 10.0 Å². The van der Waals surface area contributed by atoms with Crippen LogP contribution < -0.4 is 9.80 Å². The predicted octanol–water partition coefficient (Wildman–Crippen LogP) is 4.43. The second-order valence-corrected chi connectivity index (χ2v) is 10.3. The number of carbonyl (C=O) groups excluding carboxylic acids is 2. The topological polar surface area (TPSA) is 74.8 Å². The molecule has 2 aliphatic heterocycles. The number of hydrogen-bond acceptors (Lipinski definition) is 4. The number of rotatable bonds is 1. The van der Waals surface area contributed by atoms with Gasteiger partial charge in [0.15, 0.2) is 0 Å². The molecule has 0 N–H and O–H groups in total. The van der Waals surface area contributed by atoms with Gasteiger partial charge in [-0.3, -0.25) is 9.59 Å². The molecule has 0 bridgehead atoms. The van der Waals surface area contributed by atoms with E-state index in [-0.39, 0.29) is 21.7 Å². The lowest BCUT2D eigenvalue weighted by Crippen LogP contribution is -2.25. The molecule has 0 radical (unpaired) electrons. The zero-order valence-corrected chi connectivity index (χ0v) is 19.4. The lowest BCUT2D eigenvalue weighted by molar-refractivity contribution is -0.117. The average molecular weight is 490 g/mol. The van der Waals surface area contributed by atoms with Crippen molar-refractivity contribution >= 4 is 66.1 Å². The van der Waals surface area contributed by atoms with E-state index in [4.69, 9.17) is 33.9 Å². The summed E-state index contributed by atoms with van der Waals surface area (Å²) < 4.78 is 22.6. The monoisotopic (exact) mass is 488 g/mol. The van der Waals surface area contributed by atoms with Crippen molar-refractivity contribution in [2.45, 2.75) is 31.6 Å². The molecule has 0 atom stereocenters. The Balaban J connectivity index is 0.000000177. The van der Waals surface area contributed by atoms with E-state index in [0.29, 0.717) is 18.7 Å². The first-order valence-electron chi connectivity index (χ1n) is 9.10. The van der Waals surface area contributed by atoms with Gasteiger partial charge in [-0.25, -0.2) is 8.42 Å². The van der Waals surface area contributed by atoms with Crippen molar-refractivity contribution in [1.82, 2.24) is 0 Å². The Hall–Kier alpha value is -1.80. The third-order valence-corrected chi connectivity index (χ3v) is 7.01. The third-order valence-electron chi connectivity index (χ3n) is 4.99. The van der Waals surface area contributed by atoms with Crippen LogP contribution in [0.5, 0.6) is 0 Å². The van der Waals surface area contributed by atoms with Gasteiger partial charge in [0.1, 0.15) is 4.90 Å². The van der Waals surface area contributed by atoms with Crippen molar-refractivity contribution in [3.63, 3.8) is 0 Å². The number of halogens is 3. The first kappa shape index (κ1) is 22.9. The number of nitrogens with zero attached hydrogens (tertiary/aromatic N) is 2. The van der Waals surface area contributed by atoms with Crippen molar-refractivity contribution in [2.24, 2.45) is 0 Å². The number of anilines is 2. The molecule has 6 nitrogen and oxygen atoms in total. The number of fused-ring (bicyclic) bond motifs is 2. The highest BCUT2D eigenvalue weighted by Gasteiger charge is 2.26. The van der Waals surface area contributed by atoms with Crippen molar-refractivity contribution < 1.29 is 18.0 Å². The van der Waals surface area contributed by atoms with E-state index in [0.717, 1.165) is 29.2 Å². The van der Waals surface area contributed by atoms with Crippen LogP contribution in [0.3, 0.4) is 0 Å². The van der Waals surface area contributed by atoms with Crippen LogP contribution in [0.1, 0.15) is 25.0 Å². The van der Waals surface area contributed by atoms with Crippen LogP contribution in [0.15, 0.2) is 35.2 Å². The maximum atomic E-state index is 11.4. The molecule has 0 aromatic heterocycles. The molecule has 0 aliphatic carbocycles. The molecular weight excluding hydrogens is 471 g/mol. The van der Waals surface area contributed by atoms with Gasteiger partial charge < -0.3 is 9.80 Å². The van der Waals surface area contributed by atoms with Crippen LogP contribution in [0.4, 0.5) is 11.4 Å². The van der Waals surface area contributed by atoms with Crippen molar-refractivity contribution in [3.8, 4) is 0 Å². The largest absolute Gasteiger partial charge is 0.312 e. The maximum absolute atomic E-state index is 11.4. The molecule has 2 aromatic rings. The fourth-order valence-electron chi connectivity index (χ4n) is 3.60. The first-order chi connectivity index (χ1) is 14.0. The minimum absolute atomic E-state index is 0.0872. The van der Waals surface area contributed by atoms with Gasteiger partial charge in [-0.1, -0.05) is 23.2 Å². The minimum Gasteiger partial charge on any atom is -0.312 e. The smallest absolute Gasteiger partial charge is 0.262 e. The maximum Gasteiger partial charge on any atom is 0.262 e. The van der Waals surface area contributed by atoms with Crippen molar-refractivity contribution in [1.29, 1.82) is 0 Å².